The van der Waals surface area contributed by atoms with E-state index in [2.05, 4.69) is 26.0 Å². The molecule has 0 aliphatic heterocycles. The minimum absolute atomic E-state index is 0.134. The molecule has 1 aromatic carbocycles. The number of carboxylic acids is 1. The molecule has 1 aliphatic carbocycles. The van der Waals surface area contributed by atoms with Crippen LogP contribution in [0.15, 0.2) is 28.7 Å². The quantitative estimate of drug-likeness (QED) is 0.943. The molecular formula is C13H12BrN3O2. The van der Waals surface area contributed by atoms with Gasteiger partial charge in [-0.25, -0.2) is 14.5 Å². The summed E-state index contributed by atoms with van der Waals surface area (Å²) in [4.78, 5) is 15.2. The lowest BCUT2D eigenvalue weighted by Crippen LogP contribution is -2.15. The van der Waals surface area contributed by atoms with E-state index < -0.39 is 5.97 Å². The van der Waals surface area contributed by atoms with Crippen molar-refractivity contribution in [3.8, 4) is 5.69 Å². The molecule has 5 nitrogen and oxygen atoms in total. The number of halogens is 1. The van der Waals surface area contributed by atoms with E-state index in [1.807, 2.05) is 24.3 Å². The number of rotatable bonds is 3. The Hall–Kier alpha value is -1.69. The number of benzene rings is 1. The third-order valence-corrected chi connectivity index (χ3v) is 3.89. The van der Waals surface area contributed by atoms with E-state index in [0.717, 1.165) is 28.8 Å². The SMILES string of the molecule is O=C(O)c1nc(C2CCC2)n(-c2ccc(Br)cc2)n1. The third kappa shape index (κ3) is 2.28. The van der Waals surface area contributed by atoms with Crippen molar-refractivity contribution in [2.24, 2.45) is 0 Å². The number of nitrogens with zero attached hydrogens (tertiary/aromatic N) is 3. The van der Waals surface area contributed by atoms with Crippen molar-refractivity contribution in [3.05, 3.63) is 40.4 Å². The average Bonchev–Trinajstić information content (AvgIpc) is 2.73. The molecule has 0 bridgehead atoms. The van der Waals surface area contributed by atoms with Crippen LogP contribution in [0.2, 0.25) is 0 Å². The maximum atomic E-state index is 11.0. The smallest absolute Gasteiger partial charge is 0.375 e. The number of carbonyl (C=O) groups is 1. The summed E-state index contributed by atoms with van der Waals surface area (Å²) in [5.41, 5.74) is 0.838. The number of aromatic carboxylic acids is 1. The predicted octanol–water partition coefficient (Wildman–Crippen LogP) is 3.00. The van der Waals surface area contributed by atoms with Gasteiger partial charge in [0.15, 0.2) is 0 Å². The number of carboxylic acid groups (broad SMARTS) is 1. The molecule has 0 saturated heterocycles. The Labute approximate surface area is 118 Å². The minimum atomic E-state index is -1.09. The maximum Gasteiger partial charge on any atom is 0.375 e. The fourth-order valence-corrected chi connectivity index (χ4v) is 2.38. The van der Waals surface area contributed by atoms with Crippen LogP contribution in [-0.2, 0) is 0 Å². The lowest BCUT2D eigenvalue weighted by atomic mass is 9.85. The molecule has 2 aromatic rings. The van der Waals surface area contributed by atoms with Gasteiger partial charge in [-0.05, 0) is 37.1 Å². The first kappa shape index (κ1) is 12.3. The van der Waals surface area contributed by atoms with Crippen molar-refractivity contribution in [1.82, 2.24) is 14.8 Å². The summed E-state index contributed by atoms with van der Waals surface area (Å²) in [6.07, 6.45) is 3.27. The second kappa shape index (κ2) is 4.77. The molecule has 3 rings (SSSR count). The van der Waals surface area contributed by atoms with Crippen molar-refractivity contribution in [1.29, 1.82) is 0 Å². The van der Waals surface area contributed by atoms with E-state index in [0.29, 0.717) is 5.92 Å². The third-order valence-electron chi connectivity index (χ3n) is 3.36. The lowest BCUT2D eigenvalue weighted by Gasteiger charge is -2.24. The summed E-state index contributed by atoms with van der Waals surface area (Å²) < 4.78 is 2.62. The van der Waals surface area contributed by atoms with Crippen molar-refractivity contribution >= 4 is 21.9 Å². The second-order valence-electron chi connectivity index (χ2n) is 4.61. The summed E-state index contributed by atoms with van der Waals surface area (Å²) in [5, 5.41) is 13.1. The standard InChI is InChI=1S/C13H12BrN3O2/c14-9-4-6-10(7-5-9)17-12(8-2-1-3-8)15-11(16-17)13(18)19/h4-8H,1-3H2,(H,18,19). The molecule has 0 amide bonds. The van der Waals surface area contributed by atoms with E-state index in [-0.39, 0.29) is 5.82 Å². The Morgan fingerprint density at radius 3 is 2.53 bits per heavy atom. The fourth-order valence-electron chi connectivity index (χ4n) is 2.12. The molecule has 1 N–H and O–H groups in total. The Balaban J connectivity index is 2.07. The van der Waals surface area contributed by atoms with Gasteiger partial charge >= 0.3 is 5.97 Å². The first-order valence-electron chi connectivity index (χ1n) is 6.11. The van der Waals surface area contributed by atoms with Crippen LogP contribution in [0.25, 0.3) is 5.69 Å². The summed E-state index contributed by atoms with van der Waals surface area (Å²) in [7, 11) is 0. The van der Waals surface area contributed by atoms with Crippen molar-refractivity contribution < 1.29 is 9.90 Å². The Bertz CT molecular complexity index is 617. The minimum Gasteiger partial charge on any atom is -0.475 e. The van der Waals surface area contributed by atoms with Crippen LogP contribution in [0, 0.1) is 0 Å². The van der Waals surface area contributed by atoms with Gasteiger partial charge in [-0.2, -0.15) is 0 Å². The summed E-state index contributed by atoms with van der Waals surface area (Å²) in [6, 6.07) is 7.60. The number of hydrogen-bond acceptors (Lipinski definition) is 3. The maximum absolute atomic E-state index is 11.0. The van der Waals surface area contributed by atoms with Crippen LogP contribution in [0.3, 0.4) is 0 Å². The zero-order valence-corrected chi connectivity index (χ0v) is 11.7. The first-order valence-corrected chi connectivity index (χ1v) is 6.90. The molecule has 0 atom stereocenters. The molecule has 6 heteroatoms. The number of aromatic nitrogens is 3. The van der Waals surface area contributed by atoms with Gasteiger partial charge in [0.2, 0.25) is 0 Å². The molecular weight excluding hydrogens is 310 g/mol. The Morgan fingerprint density at radius 1 is 1.32 bits per heavy atom. The van der Waals surface area contributed by atoms with E-state index in [4.69, 9.17) is 5.11 Å². The first-order chi connectivity index (χ1) is 9.15. The molecule has 1 saturated carbocycles. The molecule has 1 aliphatic rings. The molecule has 0 radical (unpaired) electrons. The van der Waals surface area contributed by atoms with Crippen molar-refractivity contribution in [2.75, 3.05) is 0 Å². The molecule has 0 spiro atoms. The zero-order chi connectivity index (χ0) is 13.4. The van der Waals surface area contributed by atoms with Crippen LogP contribution in [0.1, 0.15) is 41.6 Å². The van der Waals surface area contributed by atoms with Gasteiger partial charge in [0.25, 0.3) is 5.82 Å². The molecule has 0 unspecified atom stereocenters. The number of hydrogen-bond donors (Lipinski definition) is 1. The highest BCUT2D eigenvalue weighted by molar-refractivity contribution is 9.10. The highest BCUT2D eigenvalue weighted by Crippen LogP contribution is 2.36. The van der Waals surface area contributed by atoms with Crippen LogP contribution in [-0.4, -0.2) is 25.8 Å². The van der Waals surface area contributed by atoms with Gasteiger partial charge in [-0.1, -0.05) is 22.4 Å². The predicted molar refractivity (Wildman–Crippen MR) is 72.6 cm³/mol. The summed E-state index contributed by atoms with van der Waals surface area (Å²) in [6.45, 7) is 0. The van der Waals surface area contributed by atoms with E-state index >= 15 is 0 Å². The van der Waals surface area contributed by atoms with Gasteiger partial charge in [0.1, 0.15) is 5.82 Å². The zero-order valence-electron chi connectivity index (χ0n) is 10.1. The van der Waals surface area contributed by atoms with Crippen molar-refractivity contribution in [3.63, 3.8) is 0 Å². The molecule has 98 valence electrons. The van der Waals surface area contributed by atoms with Crippen LogP contribution >= 0.6 is 15.9 Å². The van der Waals surface area contributed by atoms with Gasteiger partial charge in [0.05, 0.1) is 5.69 Å². The molecule has 1 fully saturated rings. The molecule has 1 aromatic heterocycles. The largest absolute Gasteiger partial charge is 0.475 e. The van der Waals surface area contributed by atoms with E-state index in [9.17, 15) is 4.79 Å². The monoisotopic (exact) mass is 321 g/mol. The van der Waals surface area contributed by atoms with Crippen LogP contribution < -0.4 is 0 Å². The topological polar surface area (TPSA) is 68.0 Å². The van der Waals surface area contributed by atoms with E-state index in [1.54, 1.807) is 4.68 Å². The lowest BCUT2D eigenvalue weighted by molar-refractivity contribution is 0.0683. The highest BCUT2D eigenvalue weighted by Gasteiger charge is 2.27. The van der Waals surface area contributed by atoms with Crippen molar-refractivity contribution in [2.45, 2.75) is 25.2 Å². The second-order valence-corrected chi connectivity index (χ2v) is 5.53. The Morgan fingerprint density at radius 2 is 2.00 bits per heavy atom. The van der Waals surface area contributed by atoms with E-state index in [1.165, 1.54) is 6.42 Å². The van der Waals surface area contributed by atoms with Crippen LogP contribution in [0.4, 0.5) is 0 Å². The van der Waals surface area contributed by atoms with Crippen LogP contribution in [0.5, 0.6) is 0 Å². The average molecular weight is 322 g/mol. The summed E-state index contributed by atoms with van der Waals surface area (Å²) in [5.74, 6) is -0.142. The molecule has 1 heterocycles. The fraction of sp³-hybridized carbons (Fsp3) is 0.308. The Kier molecular flexibility index (Phi) is 3.10. The summed E-state index contributed by atoms with van der Waals surface area (Å²) >= 11 is 3.38. The van der Waals surface area contributed by atoms with Gasteiger partial charge < -0.3 is 5.11 Å². The normalized spacial score (nSPS) is 15.2. The van der Waals surface area contributed by atoms with Gasteiger partial charge in [0, 0.05) is 10.4 Å². The molecule has 19 heavy (non-hydrogen) atoms. The van der Waals surface area contributed by atoms with Gasteiger partial charge in [-0.3, -0.25) is 0 Å². The highest BCUT2D eigenvalue weighted by atomic mass is 79.9. The van der Waals surface area contributed by atoms with Gasteiger partial charge in [-0.15, -0.1) is 5.10 Å².